The molecule has 0 spiro atoms. The minimum absolute atomic E-state index is 0.00792. The third-order valence-electron chi connectivity index (χ3n) is 5.41. The van der Waals surface area contributed by atoms with Crippen LogP contribution in [0, 0.1) is 5.82 Å². The molecule has 1 atom stereocenters. The molecule has 2 heterocycles. The second-order valence-electron chi connectivity index (χ2n) is 9.91. The van der Waals surface area contributed by atoms with Crippen molar-refractivity contribution in [2.24, 2.45) is 0 Å². The van der Waals surface area contributed by atoms with E-state index in [2.05, 4.69) is 20.7 Å². The lowest BCUT2D eigenvalue weighted by atomic mass is 10.1. The molecule has 0 fully saturated rings. The van der Waals surface area contributed by atoms with Gasteiger partial charge in [-0.25, -0.2) is 23.5 Å². The Morgan fingerprint density at radius 1 is 1.24 bits per heavy atom. The van der Waals surface area contributed by atoms with E-state index in [0.717, 1.165) is 0 Å². The monoisotopic (exact) mass is 530 g/mol. The molecule has 0 aliphatic rings. The number of halogens is 1. The third kappa shape index (κ3) is 8.30. The Morgan fingerprint density at radius 2 is 2.00 bits per heavy atom. The number of carboxylic acid groups (broad SMARTS) is 1. The smallest absolute Gasteiger partial charge is 0.410 e. The summed E-state index contributed by atoms with van der Waals surface area (Å²) in [5, 5.41) is 19.6. The standard InChI is InChI=1S/C26H35FN6O5/c1-17(15-28-11-13-32(5)25(36)38-26(2,3)4)37-21-7-6-19(27)14-18(21)8-10-29-22-9-12-33-23(31-22)20(16-30-33)24(34)35/h6-7,9,12,14,16-17,28H,8,10-11,13,15H2,1-5H3,(H,29,31)(H,34,35)/t17-/m1/s1. The van der Waals surface area contributed by atoms with Crippen LogP contribution in [0.4, 0.5) is 15.0 Å². The van der Waals surface area contributed by atoms with Crippen molar-refractivity contribution in [2.45, 2.75) is 45.8 Å². The fourth-order valence-corrected chi connectivity index (χ4v) is 3.54. The van der Waals surface area contributed by atoms with Crippen molar-refractivity contribution in [1.29, 1.82) is 0 Å². The van der Waals surface area contributed by atoms with Crippen LogP contribution in [-0.2, 0) is 11.2 Å². The number of benzene rings is 1. The second kappa shape index (κ2) is 12.5. The summed E-state index contributed by atoms with van der Waals surface area (Å²) in [5.41, 5.74) is 0.382. The Morgan fingerprint density at radius 3 is 2.71 bits per heavy atom. The number of hydrogen-bond acceptors (Lipinski definition) is 8. The van der Waals surface area contributed by atoms with Gasteiger partial charge in [0, 0.05) is 39.4 Å². The van der Waals surface area contributed by atoms with Gasteiger partial charge < -0.3 is 30.1 Å². The average Bonchev–Trinajstić information content (AvgIpc) is 3.26. The van der Waals surface area contributed by atoms with Crippen LogP contribution >= 0.6 is 0 Å². The average molecular weight is 531 g/mol. The van der Waals surface area contributed by atoms with Crippen molar-refractivity contribution in [1.82, 2.24) is 24.8 Å². The van der Waals surface area contributed by atoms with Gasteiger partial charge in [0.1, 0.15) is 34.7 Å². The number of carbonyl (C=O) groups excluding carboxylic acids is 1. The summed E-state index contributed by atoms with van der Waals surface area (Å²) < 4.78 is 26.8. The van der Waals surface area contributed by atoms with Crippen molar-refractivity contribution in [3.05, 3.63) is 53.6 Å². The summed E-state index contributed by atoms with van der Waals surface area (Å²) >= 11 is 0. The number of aromatic carboxylic acids is 1. The Balaban J connectivity index is 1.49. The number of nitrogens with one attached hydrogen (secondary N) is 2. The van der Waals surface area contributed by atoms with E-state index in [0.29, 0.717) is 49.7 Å². The lowest BCUT2D eigenvalue weighted by molar-refractivity contribution is 0.0299. The molecule has 0 saturated carbocycles. The van der Waals surface area contributed by atoms with Crippen LogP contribution < -0.4 is 15.4 Å². The summed E-state index contributed by atoms with van der Waals surface area (Å²) in [6.45, 7) is 9.35. The van der Waals surface area contributed by atoms with Gasteiger partial charge in [0.15, 0.2) is 5.65 Å². The van der Waals surface area contributed by atoms with E-state index < -0.39 is 11.6 Å². The van der Waals surface area contributed by atoms with E-state index in [1.54, 1.807) is 25.4 Å². The maximum atomic E-state index is 14.0. The van der Waals surface area contributed by atoms with Crippen molar-refractivity contribution < 1.29 is 28.6 Å². The van der Waals surface area contributed by atoms with Gasteiger partial charge in [-0.15, -0.1) is 0 Å². The highest BCUT2D eigenvalue weighted by Gasteiger charge is 2.19. The fourth-order valence-electron chi connectivity index (χ4n) is 3.54. The van der Waals surface area contributed by atoms with Crippen molar-refractivity contribution >= 4 is 23.5 Å². The van der Waals surface area contributed by atoms with Crippen LogP contribution in [0.1, 0.15) is 43.6 Å². The summed E-state index contributed by atoms with van der Waals surface area (Å²) in [5.74, 6) is -0.424. The minimum Gasteiger partial charge on any atom is -0.489 e. The maximum Gasteiger partial charge on any atom is 0.410 e. The van der Waals surface area contributed by atoms with E-state index in [9.17, 15) is 19.1 Å². The van der Waals surface area contributed by atoms with Gasteiger partial charge in [-0.1, -0.05) is 0 Å². The van der Waals surface area contributed by atoms with Gasteiger partial charge in [-0.2, -0.15) is 5.10 Å². The van der Waals surface area contributed by atoms with E-state index >= 15 is 0 Å². The normalized spacial score (nSPS) is 12.3. The second-order valence-corrected chi connectivity index (χ2v) is 9.91. The summed E-state index contributed by atoms with van der Waals surface area (Å²) in [7, 11) is 1.68. The predicted molar refractivity (Wildman–Crippen MR) is 140 cm³/mol. The van der Waals surface area contributed by atoms with Gasteiger partial charge >= 0.3 is 12.1 Å². The first-order chi connectivity index (χ1) is 17.9. The van der Waals surface area contributed by atoms with Crippen LogP contribution in [0.25, 0.3) is 5.65 Å². The number of aromatic nitrogens is 3. The molecule has 0 aliphatic carbocycles. The molecule has 1 aromatic carbocycles. The van der Waals surface area contributed by atoms with Crippen LogP contribution in [-0.4, -0.2) is 81.6 Å². The van der Waals surface area contributed by atoms with E-state index in [4.69, 9.17) is 9.47 Å². The highest BCUT2D eigenvalue weighted by atomic mass is 19.1. The molecule has 1 amide bonds. The van der Waals surface area contributed by atoms with E-state index in [-0.39, 0.29) is 29.2 Å². The molecule has 0 aliphatic heterocycles. The predicted octanol–water partition coefficient (Wildman–Crippen LogP) is 3.45. The van der Waals surface area contributed by atoms with Crippen molar-refractivity contribution in [2.75, 3.05) is 38.5 Å². The zero-order valence-corrected chi connectivity index (χ0v) is 22.3. The number of fused-ring (bicyclic) bond motifs is 1. The quantitative estimate of drug-likeness (QED) is 0.301. The summed E-state index contributed by atoms with van der Waals surface area (Å²) in [6, 6.07) is 6.07. The number of amides is 1. The molecular formula is C26H35FN6O5. The molecule has 2 aromatic heterocycles. The number of nitrogens with zero attached hydrogens (tertiary/aromatic N) is 4. The van der Waals surface area contributed by atoms with Gasteiger partial charge in [-0.3, -0.25) is 0 Å². The zero-order valence-electron chi connectivity index (χ0n) is 22.3. The number of likely N-dealkylation sites (N-methyl/N-ethyl adjacent to an activating group) is 1. The summed E-state index contributed by atoms with van der Waals surface area (Å²) in [4.78, 5) is 29.2. The highest BCUT2D eigenvalue weighted by Crippen LogP contribution is 2.22. The molecule has 0 bridgehead atoms. The molecule has 0 saturated heterocycles. The Kier molecular flexibility index (Phi) is 9.45. The van der Waals surface area contributed by atoms with Gasteiger partial charge in [-0.05, 0) is 63.9 Å². The van der Waals surface area contributed by atoms with Crippen LogP contribution in [0.5, 0.6) is 5.75 Å². The lowest BCUT2D eigenvalue weighted by Crippen LogP contribution is -2.39. The molecule has 0 radical (unpaired) electrons. The number of carbonyl (C=O) groups is 2. The Hall–Kier alpha value is -3.93. The molecule has 12 heteroatoms. The molecule has 38 heavy (non-hydrogen) atoms. The zero-order chi connectivity index (χ0) is 27.9. The number of hydrogen-bond donors (Lipinski definition) is 3. The van der Waals surface area contributed by atoms with Crippen molar-refractivity contribution in [3.8, 4) is 5.75 Å². The largest absolute Gasteiger partial charge is 0.489 e. The van der Waals surface area contributed by atoms with Gasteiger partial charge in [0.2, 0.25) is 0 Å². The van der Waals surface area contributed by atoms with Crippen molar-refractivity contribution in [3.63, 3.8) is 0 Å². The third-order valence-corrected chi connectivity index (χ3v) is 5.41. The molecule has 3 rings (SSSR count). The molecule has 0 unspecified atom stereocenters. The molecule has 206 valence electrons. The maximum absolute atomic E-state index is 14.0. The topological polar surface area (TPSA) is 130 Å². The first-order valence-corrected chi connectivity index (χ1v) is 12.3. The van der Waals surface area contributed by atoms with Crippen LogP contribution in [0.15, 0.2) is 36.7 Å². The van der Waals surface area contributed by atoms with E-state index in [1.165, 1.54) is 27.7 Å². The van der Waals surface area contributed by atoms with Crippen LogP contribution in [0.2, 0.25) is 0 Å². The highest BCUT2D eigenvalue weighted by molar-refractivity contribution is 5.94. The van der Waals surface area contributed by atoms with Gasteiger partial charge in [0.25, 0.3) is 0 Å². The molecule has 11 nitrogen and oxygen atoms in total. The molecule has 3 N–H and O–H groups in total. The SMILES string of the molecule is C[C@H](CNCCN(C)C(=O)OC(C)(C)C)Oc1ccc(F)cc1CCNc1ccn2ncc(C(=O)O)c2n1. The minimum atomic E-state index is -1.11. The van der Waals surface area contributed by atoms with Crippen LogP contribution in [0.3, 0.4) is 0 Å². The summed E-state index contributed by atoms with van der Waals surface area (Å²) in [6.07, 6.45) is 2.73. The Labute approximate surface area is 220 Å². The Bertz CT molecular complexity index is 1260. The lowest BCUT2D eigenvalue weighted by Gasteiger charge is -2.25. The number of ether oxygens (including phenoxy) is 2. The first kappa shape index (κ1) is 28.6. The molecule has 3 aromatic rings. The number of carboxylic acids is 1. The van der Waals surface area contributed by atoms with Gasteiger partial charge in [0.05, 0.1) is 6.20 Å². The molecular weight excluding hydrogens is 495 g/mol. The first-order valence-electron chi connectivity index (χ1n) is 12.3. The number of rotatable bonds is 12. The number of anilines is 1. The fraction of sp³-hybridized carbons (Fsp3) is 0.462. The van der Waals surface area contributed by atoms with E-state index in [1.807, 2.05) is 27.7 Å².